The fourth-order valence-corrected chi connectivity index (χ4v) is 4.16. The standard InChI is InChI=1S/C24H33N7/c1-3-25-24(27-17-23-29-28-22-13-7-9-15-31(22)23)26-16-20-11-4-5-12-21(20)18-30-14-8-6-10-19(30)2/h4-5,7,9,11-13,15,19H,3,6,8,10,14,16-18H2,1-2H3,(H2,25,26,27). The number of pyridine rings is 1. The van der Waals surface area contributed by atoms with Gasteiger partial charge < -0.3 is 10.6 Å². The van der Waals surface area contributed by atoms with Crippen LogP contribution < -0.4 is 10.6 Å². The van der Waals surface area contributed by atoms with Crippen molar-refractivity contribution in [3.05, 3.63) is 65.6 Å². The van der Waals surface area contributed by atoms with Gasteiger partial charge >= 0.3 is 0 Å². The summed E-state index contributed by atoms with van der Waals surface area (Å²) in [7, 11) is 0. The van der Waals surface area contributed by atoms with Gasteiger partial charge in [-0.1, -0.05) is 36.8 Å². The first-order valence-corrected chi connectivity index (χ1v) is 11.4. The monoisotopic (exact) mass is 419 g/mol. The van der Waals surface area contributed by atoms with Crippen LogP contribution >= 0.6 is 0 Å². The quantitative estimate of drug-likeness (QED) is 0.454. The molecule has 1 aliphatic rings. The Hall–Kier alpha value is -2.93. The van der Waals surface area contributed by atoms with Crippen LogP contribution in [0.4, 0.5) is 0 Å². The van der Waals surface area contributed by atoms with Crippen molar-refractivity contribution in [2.45, 2.75) is 58.8 Å². The summed E-state index contributed by atoms with van der Waals surface area (Å²) in [5.41, 5.74) is 3.51. The van der Waals surface area contributed by atoms with Crippen molar-refractivity contribution >= 4 is 11.6 Å². The number of fused-ring (bicyclic) bond motifs is 1. The van der Waals surface area contributed by atoms with Gasteiger partial charge in [-0.15, -0.1) is 10.2 Å². The molecule has 4 rings (SSSR count). The summed E-state index contributed by atoms with van der Waals surface area (Å²) in [5, 5.41) is 15.3. The smallest absolute Gasteiger partial charge is 0.191 e. The second-order valence-corrected chi connectivity index (χ2v) is 8.18. The Labute approximate surface area is 184 Å². The number of nitrogens with zero attached hydrogens (tertiary/aromatic N) is 5. The molecule has 0 saturated carbocycles. The number of benzene rings is 1. The normalized spacial score (nSPS) is 17.7. The number of aromatic nitrogens is 3. The largest absolute Gasteiger partial charge is 0.357 e. The van der Waals surface area contributed by atoms with Crippen molar-refractivity contribution < 1.29 is 0 Å². The predicted octanol–water partition coefficient (Wildman–Crippen LogP) is 3.36. The second kappa shape index (κ2) is 10.4. The SMILES string of the molecule is CCNC(=NCc1ccccc1CN1CCCCC1C)NCc1nnc2ccccn12. The van der Waals surface area contributed by atoms with Crippen LogP contribution in [0.1, 0.15) is 50.1 Å². The lowest BCUT2D eigenvalue weighted by atomic mass is 10.0. The van der Waals surface area contributed by atoms with Gasteiger partial charge in [0.1, 0.15) is 0 Å². The van der Waals surface area contributed by atoms with Crippen molar-refractivity contribution in [3.8, 4) is 0 Å². The Bertz CT molecular complexity index is 1010. The molecule has 0 bridgehead atoms. The lowest BCUT2D eigenvalue weighted by molar-refractivity contribution is 0.152. The molecule has 164 valence electrons. The maximum atomic E-state index is 4.85. The number of guanidine groups is 1. The van der Waals surface area contributed by atoms with Crippen LogP contribution in [-0.2, 0) is 19.6 Å². The molecule has 1 aliphatic heterocycles. The Balaban J connectivity index is 1.43. The molecule has 3 aromatic rings. The predicted molar refractivity (Wildman–Crippen MR) is 125 cm³/mol. The second-order valence-electron chi connectivity index (χ2n) is 8.18. The van der Waals surface area contributed by atoms with E-state index < -0.39 is 0 Å². The summed E-state index contributed by atoms with van der Waals surface area (Å²) in [6, 6.07) is 15.2. The molecule has 1 fully saturated rings. The minimum Gasteiger partial charge on any atom is -0.357 e. The fourth-order valence-electron chi connectivity index (χ4n) is 4.16. The average Bonchev–Trinajstić information content (AvgIpc) is 3.21. The third-order valence-electron chi connectivity index (χ3n) is 5.98. The third-order valence-corrected chi connectivity index (χ3v) is 5.98. The summed E-state index contributed by atoms with van der Waals surface area (Å²) in [4.78, 5) is 7.46. The van der Waals surface area contributed by atoms with Gasteiger partial charge in [0.2, 0.25) is 0 Å². The highest BCUT2D eigenvalue weighted by atomic mass is 15.3. The van der Waals surface area contributed by atoms with E-state index in [9.17, 15) is 0 Å². The molecule has 7 heteroatoms. The Morgan fingerprint density at radius 2 is 1.90 bits per heavy atom. The van der Waals surface area contributed by atoms with E-state index >= 15 is 0 Å². The van der Waals surface area contributed by atoms with Gasteiger partial charge in [0.25, 0.3) is 0 Å². The third kappa shape index (κ3) is 5.41. The number of aliphatic imine (C=N–C) groups is 1. The molecule has 2 aromatic heterocycles. The maximum Gasteiger partial charge on any atom is 0.191 e. The molecule has 0 spiro atoms. The minimum atomic E-state index is 0.559. The van der Waals surface area contributed by atoms with Crippen LogP contribution in [0.2, 0.25) is 0 Å². The van der Waals surface area contributed by atoms with E-state index in [1.807, 2.05) is 28.8 Å². The van der Waals surface area contributed by atoms with Crippen molar-refractivity contribution in [2.75, 3.05) is 13.1 Å². The molecular formula is C24H33N7. The average molecular weight is 420 g/mol. The summed E-state index contributed by atoms with van der Waals surface area (Å²) >= 11 is 0. The first-order chi connectivity index (χ1) is 15.2. The van der Waals surface area contributed by atoms with Crippen molar-refractivity contribution in [1.29, 1.82) is 0 Å². The van der Waals surface area contributed by atoms with E-state index in [-0.39, 0.29) is 0 Å². The van der Waals surface area contributed by atoms with Gasteiger partial charge in [-0.05, 0) is 56.5 Å². The minimum absolute atomic E-state index is 0.559. The summed E-state index contributed by atoms with van der Waals surface area (Å²) in [5.74, 6) is 1.65. The lowest BCUT2D eigenvalue weighted by Crippen LogP contribution is -2.37. The van der Waals surface area contributed by atoms with Crippen LogP contribution in [0.25, 0.3) is 5.65 Å². The molecule has 1 unspecified atom stereocenters. The Morgan fingerprint density at radius 3 is 2.74 bits per heavy atom. The first-order valence-electron chi connectivity index (χ1n) is 11.4. The lowest BCUT2D eigenvalue weighted by Gasteiger charge is -2.33. The Kier molecular flexibility index (Phi) is 7.14. The van der Waals surface area contributed by atoms with E-state index in [1.165, 1.54) is 36.9 Å². The molecule has 0 aliphatic carbocycles. The highest BCUT2D eigenvalue weighted by molar-refractivity contribution is 5.79. The molecular weight excluding hydrogens is 386 g/mol. The molecule has 1 aromatic carbocycles. The van der Waals surface area contributed by atoms with Crippen molar-refractivity contribution in [3.63, 3.8) is 0 Å². The van der Waals surface area contributed by atoms with Crippen molar-refractivity contribution in [2.24, 2.45) is 4.99 Å². The fraction of sp³-hybridized carbons (Fsp3) is 0.458. The van der Waals surface area contributed by atoms with Gasteiger partial charge in [-0.2, -0.15) is 0 Å². The zero-order valence-electron chi connectivity index (χ0n) is 18.6. The highest BCUT2D eigenvalue weighted by Gasteiger charge is 2.19. The number of piperidine rings is 1. The number of rotatable bonds is 7. The summed E-state index contributed by atoms with van der Waals surface area (Å²) in [6.45, 7) is 8.63. The maximum absolute atomic E-state index is 4.85. The molecule has 7 nitrogen and oxygen atoms in total. The van der Waals surface area contributed by atoms with Crippen LogP contribution in [0.15, 0.2) is 53.7 Å². The number of hydrogen-bond acceptors (Lipinski definition) is 4. The van der Waals surface area contributed by atoms with E-state index in [4.69, 9.17) is 4.99 Å². The van der Waals surface area contributed by atoms with Crippen LogP contribution in [0.5, 0.6) is 0 Å². The molecule has 2 N–H and O–H groups in total. The van der Waals surface area contributed by atoms with Gasteiger partial charge in [-0.25, -0.2) is 4.99 Å². The van der Waals surface area contributed by atoms with E-state index in [0.717, 1.165) is 30.5 Å². The van der Waals surface area contributed by atoms with E-state index in [2.05, 4.69) is 63.8 Å². The zero-order chi connectivity index (χ0) is 21.5. The summed E-state index contributed by atoms with van der Waals surface area (Å²) < 4.78 is 1.99. The number of likely N-dealkylation sites (tertiary alicyclic amines) is 1. The van der Waals surface area contributed by atoms with Gasteiger partial charge in [-0.3, -0.25) is 9.30 Å². The van der Waals surface area contributed by atoms with Crippen LogP contribution in [0.3, 0.4) is 0 Å². The number of hydrogen-bond donors (Lipinski definition) is 2. The highest BCUT2D eigenvalue weighted by Crippen LogP contribution is 2.21. The molecule has 3 heterocycles. The van der Waals surface area contributed by atoms with Gasteiger partial charge in [0, 0.05) is 25.3 Å². The molecule has 0 radical (unpaired) electrons. The van der Waals surface area contributed by atoms with Gasteiger partial charge in [0.05, 0.1) is 13.1 Å². The van der Waals surface area contributed by atoms with Crippen molar-refractivity contribution in [1.82, 2.24) is 30.1 Å². The van der Waals surface area contributed by atoms with Gasteiger partial charge in [0.15, 0.2) is 17.4 Å². The summed E-state index contributed by atoms with van der Waals surface area (Å²) in [6.07, 6.45) is 5.93. The molecule has 1 saturated heterocycles. The molecule has 31 heavy (non-hydrogen) atoms. The number of nitrogens with one attached hydrogen (secondary N) is 2. The topological polar surface area (TPSA) is 69.8 Å². The van der Waals surface area contributed by atoms with Crippen LogP contribution in [0, 0.1) is 0 Å². The Morgan fingerprint density at radius 1 is 1.06 bits per heavy atom. The van der Waals surface area contributed by atoms with E-state index in [0.29, 0.717) is 19.1 Å². The van der Waals surface area contributed by atoms with E-state index in [1.54, 1.807) is 0 Å². The van der Waals surface area contributed by atoms with Crippen LogP contribution in [-0.4, -0.2) is 44.6 Å². The molecule has 1 atom stereocenters. The first kappa shape index (κ1) is 21.3. The zero-order valence-corrected chi connectivity index (χ0v) is 18.6. The molecule has 0 amide bonds.